The molecule has 0 bridgehead atoms. The molecule has 0 radical (unpaired) electrons. The fourth-order valence-corrected chi connectivity index (χ4v) is 16.1. The van der Waals surface area contributed by atoms with Gasteiger partial charge < -0.3 is 50.3 Å². The van der Waals surface area contributed by atoms with Crippen molar-refractivity contribution >= 4 is 214 Å². The number of hydrogen-bond donors (Lipinski definition) is 8. The molecule has 1 heterocycles. The van der Waals surface area contributed by atoms with E-state index in [0.717, 1.165) is 95.5 Å². The van der Waals surface area contributed by atoms with Crippen LogP contribution in [0.2, 0.25) is 35.2 Å². The van der Waals surface area contributed by atoms with Gasteiger partial charge in [-0.15, -0.1) is 6.42 Å². The first-order chi connectivity index (χ1) is 70.3. The Morgan fingerprint density at radius 1 is 0.340 bits per heavy atom. The van der Waals surface area contributed by atoms with Crippen LogP contribution in [0, 0.1) is 83.7 Å². The van der Waals surface area contributed by atoms with Crippen molar-refractivity contribution in [2.75, 3.05) is 6.79 Å². The predicted molar refractivity (Wildman–Crippen MR) is 608 cm³/mol. The lowest BCUT2D eigenvalue weighted by Crippen LogP contribution is -2.10. The van der Waals surface area contributed by atoms with Crippen molar-refractivity contribution < 1.29 is 59.6 Å². The second-order valence-electron chi connectivity index (χ2n) is 32.3. The van der Waals surface area contributed by atoms with Gasteiger partial charge in [0.1, 0.15) is 62.6 Å². The second kappa shape index (κ2) is 57.0. The van der Waals surface area contributed by atoms with E-state index in [1.54, 1.807) is 134 Å². The standard InChI is InChI=1S/C16H12ClNO.C16H15NO3.2C14H12BrNO.C14H10Cl2N2O3.C14H11Cl2NO.C14H11ClFNO.C14H12ClNO/c1-3-12-5-4-6-14(9-12)18-10-13-7-11(2)8-15(17)16(13)19;1-11-2-4-15(18)12(6-11)8-17-14-3-5-16-13(7-14)9-19-10-20-16;2*1-10-7-11(14(17)13(15)8-10)9-16-12-5-3-2-4-6-12;1-8-5-9(14(19)10(15)6-8)7-17-11-3-2-4-12(13(11)16)18(20)21;1-9-6-10(14(18)13(16)7-9)8-17-12-4-2-11(15)3-5-12;1-9-6-10(14(18)13(15)7-9)8-17-12-4-2-11(16)3-5-12;1-10-7-11(14(17)13(15)8-10)9-16-12-5-3-2-4-6-12/h1,4-10,19H,2H3;2-8,18H,9-10H2,1H3;2*2-9,17H,1H3;2-7,19H,1H3;2*2-8,18H,1H3;2-9,17H,1H3. The normalized spacial score (nSPS) is 11.4. The summed E-state index contributed by atoms with van der Waals surface area (Å²) in [7, 11) is 0. The van der Waals surface area contributed by atoms with Crippen LogP contribution in [0.3, 0.4) is 0 Å². The highest BCUT2D eigenvalue weighted by atomic mass is 79.9. The predicted octanol–water partition coefficient (Wildman–Crippen LogP) is 33.6. The Hall–Kier alpha value is -15.1. The number of benzene rings is 16. The number of rotatable bonds is 17. The second-order valence-corrected chi connectivity index (χ2v) is 36.9. The van der Waals surface area contributed by atoms with Gasteiger partial charge in [0.25, 0.3) is 5.69 Å². The lowest BCUT2D eigenvalue weighted by Gasteiger charge is -2.17. The van der Waals surface area contributed by atoms with E-state index in [2.05, 4.69) is 77.7 Å². The van der Waals surface area contributed by atoms with Gasteiger partial charge in [-0.05, 0) is 351 Å². The molecule has 0 unspecified atom stereocenters. The van der Waals surface area contributed by atoms with Gasteiger partial charge >= 0.3 is 0 Å². The molecule has 746 valence electrons. The number of halogens is 10. The molecule has 16 aromatic rings. The van der Waals surface area contributed by atoms with E-state index in [-0.39, 0.29) is 78.3 Å². The van der Waals surface area contributed by atoms with Gasteiger partial charge in [0, 0.05) is 116 Å². The molecule has 16 aromatic carbocycles. The van der Waals surface area contributed by atoms with Crippen LogP contribution < -0.4 is 4.74 Å². The molecule has 0 saturated heterocycles. The third-order valence-electron chi connectivity index (χ3n) is 20.3. The molecule has 0 fully saturated rings. The summed E-state index contributed by atoms with van der Waals surface area (Å²) in [5, 5.41) is 91.4. The average Bonchev–Trinajstić information content (AvgIpc) is 0.783. The lowest BCUT2D eigenvalue weighted by atomic mass is 10.1. The number of nitro benzene ring substituents is 1. The zero-order chi connectivity index (χ0) is 106. The summed E-state index contributed by atoms with van der Waals surface area (Å²) >= 11 is 47.8. The maximum atomic E-state index is 12.7. The molecular weight excluding hydrogens is 2140 g/mol. The van der Waals surface area contributed by atoms with Crippen LogP contribution in [-0.4, -0.2) is 102 Å². The van der Waals surface area contributed by atoms with Crippen molar-refractivity contribution in [3.05, 3.63) is 463 Å². The van der Waals surface area contributed by atoms with Gasteiger partial charge in [0.05, 0.1) is 91.1 Å². The Morgan fingerprint density at radius 2 is 0.653 bits per heavy atom. The molecule has 8 N–H and O–H groups in total. The molecule has 1 aliphatic heterocycles. The van der Waals surface area contributed by atoms with Crippen molar-refractivity contribution in [2.24, 2.45) is 39.9 Å². The summed E-state index contributed by atoms with van der Waals surface area (Å²) in [4.78, 5) is 44.3. The number of phenolic OH excluding ortho intramolecular Hbond substituents is 8. The average molecular weight is 2230 g/mol. The number of aromatic hydroxyl groups is 8. The van der Waals surface area contributed by atoms with E-state index in [0.29, 0.717) is 92.6 Å². The van der Waals surface area contributed by atoms with Crippen LogP contribution in [0.15, 0.2) is 352 Å². The summed E-state index contributed by atoms with van der Waals surface area (Å²) < 4.78 is 24.7. The number of ether oxygens (including phenoxy) is 2. The first-order valence-corrected chi connectivity index (χ1v) is 48.6. The number of aliphatic imine (C=N–C) groups is 8. The summed E-state index contributed by atoms with van der Waals surface area (Å²) in [5.74, 6) is 3.77. The fraction of sp³-hybridized carbons (Fsp3) is 0.0862. The summed E-state index contributed by atoms with van der Waals surface area (Å²) in [5.41, 5.74) is 20.0. The van der Waals surface area contributed by atoms with E-state index >= 15 is 0 Å². The van der Waals surface area contributed by atoms with E-state index < -0.39 is 4.92 Å². The Kier molecular flexibility index (Phi) is 44.1. The van der Waals surface area contributed by atoms with Gasteiger partial charge in [-0.25, -0.2) is 4.39 Å². The lowest BCUT2D eigenvalue weighted by molar-refractivity contribution is -0.384. The largest absolute Gasteiger partial charge is 0.507 e. The van der Waals surface area contributed by atoms with Crippen LogP contribution in [0.4, 0.5) is 55.6 Å². The highest BCUT2D eigenvalue weighted by Gasteiger charge is 2.18. The van der Waals surface area contributed by atoms with Crippen LogP contribution >= 0.6 is 113 Å². The molecule has 1 aliphatic rings. The third-order valence-corrected chi connectivity index (χ3v) is 23.6. The Bertz CT molecular complexity index is 7260. The summed E-state index contributed by atoms with van der Waals surface area (Å²) in [6.07, 6.45) is 18.0. The zero-order valence-electron chi connectivity index (χ0n) is 80.0. The first-order valence-electron chi connectivity index (χ1n) is 44.4. The van der Waals surface area contributed by atoms with Gasteiger partial charge in [-0.2, -0.15) is 0 Å². The number of hydrogen-bond acceptors (Lipinski definition) is 20. The fourth-order valence-electron chi connectivity index (χ4n) is 13.1. The molecule has 31 heteroatoms. The molecule has 0 atom stereocenters. The van der Waals surface area contributed by atoms with E-state index in [4.69, 9.17) is 97.1 Å². The van der Waals surface area contributed by atoms with Crippen molar-refractivity contribution in [2.45, 2.75) is 62.0 Å². The summed E-state index contributed by atoms with van der Waals surface area (Å²) in [6.45, 7) is 16.2. The molecule has 17 rings (SSSR count). The van der Waals surface area contributed by atoms with E-state index in [9.17, 15) is 55.4 Å². The molecular formula is C116H95Br2Cl7FN9O12. The van der Waals surface area contributed by atoms with E-state index in [1.807, 2.05) is 237 Å². The minimum atomic E-state index is -0.581. The number of fused-ring (bicyclic) bond motifs is 1. The van der Waals surface area contributed by atoms with Gasteiger partial charge in [0.15, 0.2) is 6.79 Å². The van der Waals surface area contributed by atoms with Crippen molar-refractivity contribution in [1.82, 2.24) is 0 Å². The number of nitro groups is 1. The molecule has 147 heavy (non-hydrogen) atoms. The quantitative estimate of drug-likeness (QED) is 0.0183. The molecule has 0 amide bonds. The van der Waals surface area contributed by atoms with Crippen LogP contribution in [0.25, 0.3) is 0 Å². The number of nitrogens with zero attached hydrogens (tertiary/aromatic N) is 9. The van der Waals surface area contributed by atoms with E-state index in [1.165, 1.54) is 36.7 Å². The van der Waals surface area contributed by atoms with Crippen LogP contribution in [0.5, 0.6) is 51.7 Å². The minimum absolute atomic E-state index is 0.00636. The smallest absolute Gasteiger partial charge is 0.290 e. The van der Waals surface area contributed by atoms with Crippen LogP contribution in [-0.2, 0) is 11.3 Å². The van der Waals surface area contributed by atoms with Crippen molar-refractivity contribution in [3.63, 3.8) is 0 Å². The van der Waals surface area contributed by atoms with Crippen LogP contribution in [0.1, 0.15) is 100 Å². The Balaban J connectivity index is 0.000000172. The monoisotopic (exact) mass is 2230 g/mol. The number of para-hydroxylation sites is 3. The van der Waals surface area contributed by atoms with Crippen molar-refractivity contribution in [1.29, 1.82) is 0 Å². The maximum Gasteiger partial charge on any atom is 0.290 e. The number of aryl methyl sites for hydroxylation is 8. The zero-order valence-corrected chi connectivity index (χ0v) is 88.5. The van der Waals surface area contributed by atoms with Gasteiger partial charge in [0.2, 0.25) is 0 Å². The van der Waals surface area contributed by atoms with Gasteiger partial charge in [-0.1, -0.05) is 165 Å². The SMILES string of the molecule is C#Cc1cccc(N=Cc2cc(C)cc(Cl)c2O)c1.Cc1cc(Br)c(O)c(C=Nc2ccccc2)c1.Cc1cc(Br)c(O)c(C=Nc2ccccc2)c1.Cc1cc(Cl)c(O)c(C=Nc2ccc(Cl)cc2)c1.Cc1cc(Cl)c(O)c(C=Nc2ccc(F)cc2)c1.Cc1cc(Cl)c(O)c(C=Nc2cccc([N+](=O)[O-])c2Cl)c1.Cc1cc(Cl)c(O)c(C=Nc2ccccc2)c1.Cc1ccc(O)c(C=Nc2ccc3c(c2)COCO3)c1. The van der Waals surface area contributed by atoms with Crippen molar-refractivity contribution in [3.8, 4) is 64.1 Å². The first kappa shape index (κ1) is 114. The molecule has 0 aromatic heterocycles. The summed E-state index contributed by atoms with van der Waals surface area (Å²) in [6, 6.07) is 89.3. The van der Waals surface area contributed by atoms with Gasteiger partial charge in [-0.3, -0.25) is 50.1 Å². The Morgan fingerprint density at radius 3 is 1.03 bits per heavy atom. The molecule has 21 nitrogen and oxygen atoms in total. The number of terminal acetylenes is 1. The third kappa shape index (κ3) is 36.6. The molecule has 0 spiro atoms. The topological polar surface area (TPSA) is 322 Å². The minimum Gasteiger partial charge on any atom is -0.507 e. The molecule has 0 saturated carbocycles. The number of phenols is 8. The Labute approximate surface area is 902 Å². The maximum absolute atomic E-state index is 12.7. The highest BCUT2D eigenvalue weighted by molar-refractivity contribution is 9.11. The molecule has 0 aliphatic carbocycles. The highest BCUT2D eigenvalue weighted by Crippen LogP contribution is 2.39.